The third kappa shape index (κ3) is 4.82. The van der Waals surface area contributed by atoms with Gasteiger partial charge in [0, 0.05) is 5.56 Å². The molecule has 2 amide bonds. The Hall–Kier alpha value is -3.40. The summed E-state index contributed by atoms with van der Waals surface area (Å²) in [5.41, 5.74) is 5.13. The molecule has 2 aromatic carbocycles. The summed E-state index contributed by atoms with van der Waals surface area (Å²) in [6.07, 6.45) is 0. The van der Waals surface area contributed by atoms with Crippen LogP contribution >= 0.6 is 0 Å². The maximum Gasteiger partial charge on any atom is 0.276 e. The summed E-state index contributed by atoms with van der Waals surface area (Å²) >= 11 is 0. The van der Waals surface area contributed by atoms with Crippen molar-refractivity contribution in [2.24, 2.45) is 0 Å². The fourth-order valence-electron chi connectivity index (χ4n) is 1.61. The minimum absolute atomic E-state index is 0.295. The highest BCUT2D eigenvalue weighted by molar-refractivity contribution is 5.95. The van der Waals surface area contributed by atoms with Gasteiger partial charge in [0.15, 0.2) is 6.61 Å². The van der Waals surface area contributed by atoms with Crippen molar-refractivity contribution in [1.29, 1.82) is 5.26 Å². The van der Waals surface area contributed by atoms with E-state index in [2.05, 4.69) is 10.9 Å². The van der Waals surface area contributed by atoms with Crippen LogP contribution < -0.4 is 15.6 Å². The number of benzene rings is 2. The summed E-state index contributed by atoms with van der Waals surface area (Å²) in [6.45, 7) is -0.334. The highest BCUT2D eigenvalue weighted by atomic mass is 19.1. The zero-order chi connectivity index (χ0) is 16.7. The van der Waals surface area contributed by atoms with E-state index in [0.717, 1.165) is 0 Å². The van der Waals surface area contributed by atoms with Gasteiger partial charge in [0.2, 0.25) is 0 Å². The minimum atomic E-state index is -0.573. The number of rotatable bonds is 4. The average molecular weight is 313 g/mol. The van der Waals surface area contributed by atoms with Gasteiger partial charge in [-0.3, -0.25) is 20.4 Å². The van der Waals surface area contributed by atoms with E-state index in [4.69, 9.17) is 10.00 Å². The number of hydrazine groups is 1. The van der Waals surface area contributed by atoms with Crippen LogP contribution in [0.25, 0.3) is 0 Å². The molecule has 2 aromatic rings. The molecule has 116 valence electrons. The number of hydrogen-bond acceptors (Lipinski definition) is 4. The molecule has 0 saturated carbocycles. The molecule has 0 saturated heterocycles. The minimum Gasteiger partial charge on any atom is -0.484 e. The Bertz CT molecular complexity index is 737. The third-order valence-corrected chi connectivity index (χ3v) is 2.78. The first-order chi connectivity index (χ1) is 11.1. The number of amides is 2. The summed E-state index contributed by atoms with van der Waals surface area (Å²) in [4.78, 5) is 23.3. The van der Waals surface area contributed by atoms with Crippen LogP contribution in [0.4, 0.5) is 4.39 Å². The van der Waals surface area contributed by atoms with Crippen molar-refractivity contribution in [1.82, 2.24) is 10.9 Å². The molecule has 0 unspecified atom stereocenters. The van der Waals surface area contributed by atoms with Crippen LogP contribution in [0.2, 0.25) is 0 Å². The lowest BCUT2D eigenvalue weighted by molar-refractivity contribution is -0.123. The summed E-state index contributed by atoms with van der Waals surface area (Å²) in [5, 5.41) is 8.67. The van der Waals surface area contributed by atoms with Gasteiger partial charge in [-0.1, -0.05) is 0 Å². The van der Waals surface area contributed by atoms with Gasteiger partial charge in [-0.15, -0.1) is 0 Å². The van der Waals surface area contributed by atoms with Crippen LogP contribution in [0.3, 0.4) is 0 Å². The Labute approximate surface area is 131 Å². The van der Waals surface area contributed by atoms with E-state index in [9.17, 15) is 14.0 Å². The molecule has 0 aliphatic heterocycles. The predicted molar refractivity (Wildman–Crippen MR) is 78.7 cm³/mol. The van der Waals surface area contributed by atoms with Gasteiger partial charge in [0.1, 0.15) is 11.6 Å². The van der Waals surface area contributed by atoms with Gasteiger partial charge in [-0.2, -0.15) is 5.26 Å². The Morgan fingerprint density at radius 3 is 2.30 bits per heavy atom. The van der Waals surface area contributed by atoms with E-state index in [1.807, 2.05) is 6.07 Å². The van der Waals surface area contributed by atoms with Gasteiger partial charge in [0.25, 0.3) is 11.8 Å². The molecule has 0 bridgehead atoms. The number of ether oxygens (including phenoxy) is 1. The lowest BCUT2D eigenvalue weighted by Crippen LogP contribution is -2.43. The molecule has 2 N–H and O–H groups in total. The molecule has 0 aliphatic rings. The number of nitriles is 1. The van der Waals surface area contributed by atoms with E-state index in [-0.39, 0.29) is 6.61 Å². The quantitative estimate of drug-likeness (QED) is 0.838. The number of hydrogen-bond donors (Lipinski definition) is 2. The Kier molecular flexibility index (Phi) is 5.25. The summed E-state index contributed by atoms with van der Waals surface area (Å²) in [7, 11) is 0. The predicted octanol–water partition coefficient (Wildman–Crippen LogP) is 1.54. The Balaban J connectivity index is 1.78. The number of nitrogens with zero attached hydrogens (tertiary/aromatic N) is 1. The summed E-state index contributed by atoms with van der Waals surface area (Å²) < 4.78 is 17.8. The molecule has 23 heavy (non-hydrogen) atoms. The van der Waals surface area contributed by atoms with Crippen LogP contribution in [0, 0.1) is 17.1 Å². The van der Waals surface area contributed by atoms with Gasteiger partial charge >= 0.3 is 0 Å². The summed E-state index contributed by atoms with van der Waals surface area (Å²) in [6, 6.07) is 13.1. The second-order valence-corrected chi connectivity index (χ2v) is 4.43. The Morgan fingerprint density at radius 2 is 1.70 bits per heavy atom. The molecule has 0 spiro atoms. The van der Waals surface area contributed by atoms with Crippen LogP contribution in [0.1, 0.15) is 15.9 Å². The zero-order valence-electron chi connectivity index (χ0n) is 11.9. The van der Waals surface area contributed by atoms with Crippen molar-refractivity contribution in [2.45, 2.75) is 0 Å². The number of nitrogens with one attached hydrogen (secondary N) is 2. The first-order valence-corrected chi connectivity index (χ1v) is 6.56. The molecule has 0 heterocycles. The van der Waals surface area contributed by atoms with Crippen molar-refractivity contribution in [3.63, 3.8) is 0 Å². The molecule has 0 radical (unpaired) electrons. The molecule has 7 heteroatoms. The maximum absolute atomic E-state index is 12.7. The number of carbonyl (C=O) groups is 2. The van der Waals surface area contributed by atoms with Crippen molar-refractivity contribution in [3.8, 4) is 11.8 Å². The van der Waals surface area contributed by atoms with E-state index in [0.29, 0.717) is 16.9 Å². The topological polar surface area (TPSA) is 91.2 Å². The highest BCUT2D eigenvalue weighted by Gasteiger charge is 2.08. The molecule has 6 nitrogen and oxygen atoms in total. The van der Waals surface area contributed by atoms with Crippen molar-refractivity contribution >= 4 is 11.8 Å². The van der Waals surface area contributed by atoms with Crippen LogP contribution in [0.15, 0.2) is 48.5 Å². The first kappa shape index (κ1) is 16.0. The van der Waals surface area contributed by atoms with E-state index >= 15 is 0 Å². The zero-order valence-corrected chi connectivity index (χ0v) is 11.9. The molecule has 0 fully saturated rings. The molecule has 0 atom stereocenters. The van der Waals surface area contributed by atoms with Crippen LogP contribution in [0.5, 0.6) is 5.75 Å². The van der Waals surface area contributed by atoms with Crippen molar-refractivity contribution < 1.29 is 18.7 Å². The molecule has 0 aliphatic carbocycles. The second kappa shape index (κ2) is 7.56. The molecular weight excluding hydrogens is 301 g/mol. The summed E-state index contributed by atoms with van der Waals surface area (Å²) in [5.74, 6) is -1.17. The van der Waals surface area contributed by atoms with E-state index < -0.39 is 17.6 Å². The highest BCUT2D eigenvalue weighted by Crippen LogP contribution is 2.10. The fourth-order valence-corrected chi connectivity index (χ4v) is 1.61. The monoisotopic (exact) mass is 313 g/mol. The standard InChI is InChI=1S/C16H12FN3O3/c17-13-5-7-14(8-6-13)23-10-15(21)19-20-16(22)12-3-1-11(9-18)2-4-12/h1-8H,10H2,(H,19,21)(H,20,22). The van der Waals surface area contributed by atoms with Crippen LogP contribution in [-0.4, -0.2) is 18.4 Å². The number of halogens is 1. The van der Waals surface area contributed by atoms with Gasteiger partial charge < -0.3 is 4.74 Å². The third-order valence-electron chi connectivity index (χ3n) is 2.78. The first-order valence-electron chi connectivity index (χ1n) is 6.56. The van der Waals surface area contributed by atoms with E-state index in [1.165, 1.54) is 48.5 Å². The second-order valence-electron chi connectivity index (χ2n) is 4.43. The SMILES string of the molecule is N#Cc1ccc(C(=O)NNC(=O)COc2ccc(F)cc2)cc1. The van der Waals surface area contributed by atoms with E-state index in [1.54, 1.807) is 0 Å². The van der Waals surface area contributed by atoms with Crippen molar-refractivity contribution in [2.75, 3.05) is 6.61 Å². The van der Waals surface area contributed by atoms with Gasteiger partial charge in [0.05, 0.1) is 11.6 Å². The fraction of sp³-hybridized carbons (Fsp3) is 0.0625. The lowest BCUT2D eigenvalue weighted by Gasteiger charge is -2.08. The lowest BCUT2D eigenvalue weighted by atomic mass is 10.1. The van der Waals surface area contributed by atoms with Crippen molar-refractivity contribution in [3.05, 3.63) is 65.5 Å². The molecule has 2 rings (SSSR count). The molecule has 0 aromatic heterocycles. The smallest absolute Gasteiger partial charge is 0.276 e. The normalized spacial score (nSPS) is 9.57. The van der Waals surface area contributed by atoms with Gasteiger partial charge in [-0.05, 0) is 48.5 Å². The average Bonchev–Trinajstić information content (AvgIpc) is 2.59. The number of carbonyl (C=O) groups excluding carboxylic acids is 2. The Morgan fingerprint density at radius 1 is 1.04 bits per heavy atom. The van der Waals surface area contributed by atoms with Gasteiger partial charge in [-0.25, -0.2) is 4.39 Å². The van der Waals surface area contributed by atoms with Crippen LogP contribution in [-0.2, 0) is 4.79 Å². The molecular formula is C16H12FN3O3. The largest absolute Gasteiger partial charge is 0.484 e. The maximum atomic E-state index is 12.7.